The molecule has 3 aromatic rings. The maximum Gasteiger partial charge on any atom is 0.228 e. The molecule has 4 heteroatoms. The highest BCUT2D eigenvalue weighted by Gasteiger charge is 2.09. The standard InChI is InChI=1S/C22H21NO3/c1-16-7-11-19(12-8-16)26-21-6-4-3-5-20(21)23-22(24)15-17-9-13-18(25-2)14-10-17/h3-14H,15H2,1-2H3,(H,23,24). The summed E-state index contributed by atoms with van der Waals surface area (Å²) in [7, 11) is 1.62. The third-order valence-electron chi connectivity index (χ3n) is 3.93. The minimum Gasteiger partial charge on any atom is -0.497 e. The molecule has 1 N–H and O–H groups in total. The predicted octanol–water partition coefficient (Wildman–Crippen LogP) is 4.98. The van der Waals surface area contributed by atoms with E-state index in [9.17, 15) is 4.79 Å². The van der Waals surface area contributed by atoms with Gasteiger partial charge in [0.05, 0.1) is 19.2 Å². The molecule has 26 heavy (non-hydrogen) atoms. The number of benzene rings is 3. The van der Waals surface area contributed by atoms with E-state index in [0.29, 0.717) is 11.4 Å². The molecule has 3 rings (SSSR count). The molecular formula is C22H21NO3. The summed E-state index contributed by atoms with van der Waals surface area (Å²) in [6.45, 7) is 2.02. The highest BCUT2D eigenvalue weighted by atomic mass is 16.5. The van der Waals surface area contributed by atoms with Crippen LogP contribution in [0.3, 0.4) is 0 Å². The molecule has 0 spiro atoms. The van der Waals surface area contributed by atoms with Crippen molar-refractivity contribution in [2.75, 3.05) is 12.4 Å². The van der Waals surface area contributed by atoms with Crippen molar-refractivity contribution < 1.29 is 14.3 Å². The van der Waals surface area contributed by atoms with Gasteiger partial charge < -0.3 is 14.8 Å². The van der Waals surface area contributed by atoms with Crippen LogP contribution in [-0.2, 0) is 11.2 Å². The number of hydrogen-bond donors (Lipinski definition) is 1. The Labute approximate surface area is 153 Å². The van der Waals surface area contributed by atoms with Crippen LogP contribution in [0, 0.1) is 6.92 Å². The lowest BCUT2D eigenvalue weighted by molar-refractivity contribution is -0.115. The summed E-state index contributed by atoms with van der Waals surface area (Å²) in [5, 5.41) is 2.92. The third-order valence-corrected chi connectivity index (χ3v) is 3.93. The van der Waals surface area contributed by atoms with Gasteiger partial charge in [-0.25, -0.2) is 0 Å². The van der Waals surface area contributed by atoms with Crippen molar-refractivity contribution in [3.8, 4) is 17.2 Å². The van der Waals surface area contributed by atoms with Gasteiger partial charge >= 0.3 is 0 Å². The van der Waals surface area contributed by atoms with Crippen molar-refractivity contribution in [1.29, 1.82) is 0 Å². The summed E-state index contributed by atoms with van der Waals surface area (Å²) >= 11 is 0. The molecule has 0 bridgehead atoms. The van der Waals surface area contributed by atoms with Crippen LogP contribution in [0.15, 0.2) is 72.8 Å². The van der Waals surface area contributed by atoms with E-state index < -0.39 is 0 Å². The van der Waals surface area contributed by atoms with Crippen LogP contribution in [-0.4, -0.2) is 13.0 Å². The fourth-order valence-corrected chi connectivity index (χ4v) is 2.52. The second-order valence-corrected chi connectivity index (χ2v) is 5.98. The van der Waals surface area contributed by atoms with Gasteiger partial charge in [0.1, 0.15) is 11.5 Å². The highest BCUT2D eigenvalue weighted by molar-refractivity contribution is 5.93. The molecule has 0 aromatic heterocycles. The number of amides is 1. The first kappa shape index (κ1) is 17.5. The van der Waals surface area contributed by atoms with Gasteiger partial charge in [0, 0.05) is 0 Å². The van der Waals surface area contributed by atoms with Crippen molar-refractivity contribution in [2.24, 2.45) is 0 Å². The van der Waals surface area contributed by atoms with Crippen LogP contribution in [0.2, 0.25) is 0 Å². The number of aryl methyl sites for hydroxylation is 1. The Hall–Kier alpha value is -3.27. The average molecular weight is 347 g/mol. The number of ether oxygens (including phenoxy) is 2. The fourth-order valence-electron chi connectivity index (χ4n) is 2.52. The van der Waals surface area contributed by atoms with Gasteiger partial charge in [-0.15, -0.1) is 0 Å². The molecule has 132 valence electrons. The average Bonchev–Trinajstić information content (AvgIpc) is 2.66. The van der Waals surface area contributed by atoms with Crippen molar-refractivity contribution >= 4 is 11.6 Å². The van der Waals surface area contributed by atoms with Crippen LogP contribution >= 0.6 is 0 Å². The Bertz CT molecular complexity index is 871. The maximum absolute atomic E-state index is 12.4. The molecule has 3 aromatic carbocycles. The molecule has 0 heterocycles. The van der Waals surface area contributed by atoms with Crippen LogP contribution in [0.4, 0.5) is 5.69 Å². The normalized spacial score (nSPS) is 10.2. The van der Waals surface area contributed by atoms with Gasteiger partial charge in [0.25, 0.3) is 0 Å². The van der Waals surface area contributed by atoms with Crippen molar-refractivity contribution in [3.05, 3.63) is 83.9 Å². The van der Waals surface area contributed by atoms with Gasteiger partial charge in [-0.05, 0) is 48.9 Å². The fraction of sp³-hybridized carbons (Fsp3) is 0.136. The minimum absolute atomic E-state index is 0.102. The zero-order valence-corrected chi connectivity index (χ0v) is 14.9. The first-order valence-electron chi connectivity index (χ1n) is 8.40. The lowest BCUT2D eigenvalue weighted by atomic mass is 10.1. The molecule has 0 saturated heterocycles. The van der Waals surface area contributed by atoms with E-state index in [1.54, 1.807) is 7.11 Å². The van der Waals surface area contributed by atoms with Gasteiger partial charge in [-0.2, -0.15) is 0 Å². The maximum atomic E-state index is 12.4. The summed E-state index contributed by atoms with van der Waals surface area (Å²) in [6, 6.07) is 22.7. The Kier molecular flexibility index (Phi) is 5.54. The quantitative estimate of drug-likeness (QED) is 0.684. The zero-order chi connectivity index (χ0) is 18.4. The number of rotatable bonds is 6. The second-order valence-electron chi connectivity index (χ2n) is 5.98. The first-order valence-corrected chi connectivity index (χ1v) is 8.40. The topological polar surface area (TPSA) is 47.6 Å². The lowest BCUT2D eigenvalue weighted by Crippen LogP contribution is -2.14. The molecular weight excluding hydrogens is 326 g/mol. The molecule has 0 unspecified atom stereocenters. The number of nitrogens with one attached hydrogen (secondary N) is 1. The Balaban J connectivity index is 1.68. The Morgan fingerprint density at radius 3 is 2.23 bits per heavy atom. The number of para-hydroxylation sites is 2. The number of carbonyl (C=O) groups excluding carboxylic acids is 1. The molecule has 0 radical (unpaired) electrons. The number of methoxy groups -OCH3 is 1. The van der Waals surface area contributed by atoms with Crippen molar-refractivity contribution in [1.82, 2.24) is 0 Å². The van der Waals surface area contributed by atoms with E-state index in [-0.39, 0.29) is 12.3 Å². The second kappa shape index (κ2) is 8.21. The zero-order valence-electron chi connectivity index (χ0n) is 14.9. The van der Waals surface area contributed by atoms with E-state index in [2.05, 4.69) is 5.32 Å². The van der Waals surface area contributed by atoms with E-state index in [1.807, 2.05) is 79.7 Å². The molecule has 0 atom stereocenters. The minimum atomic E-state index is -0.102. The smallest absolute Gasteiger partial charge is 0.228 e. The molecule has 0 aliphatic rings. The van der Waals surface area contributed by atoms with Crippen LogP contribution < -0.4 is 14.8 Å². The summed E-state index contributed by atoms with van der Waals surface area (Å²) in [4.78, 5) is 12.4. The number of anilines is 1. The van der Waals surface area contributed by atoms with E-state index in [0.717, 1.165) is 17.1 Å². The molecule has 1 amide bonds. The predicted molar refractivity (Wildman–Crippen MR) is 103 cm³/mol. The van der Waals surface area contributed by atoms with Gasteiger partial charge in [0.2, 0.25) is 5.91 Å². The van der Waals surface area contributed by atoms with E-state index in [4.69, 9.17) is 9.47 Å². The summed E-state index contributed by atoms with van der Waals surface area (Å²) in [6.07, 6.45) is 0.281. The first-order chi connectivity index (χ1) is 12.6. The molecule has 0 aliphatic carbocycles. The summed E-state index contributed by atoms with van der Waals surface area (Å²) in [5.41, 5.74) is 2.73. The number of carbonyl (C=O) groups is 1. The lowest BCUT2D eigenvalue weighted by Gasteiger charge is -2.12. The van der Waals surface area contributed by atoms with Crippen molar-refractivity contribution in [3.63, 3.8) is 0 Å². The van der Waals surface area contributed by atoms with Crippen LogP contribution in [0.5, 0.6) is 17.2 Å². The van der Waals surface area contributed by atoms with Crippen LogP contribution in [0.25, 0.3) is 0 Å². The number of hydrogen-bond acceptors (Lipinski definition) is 3. The molecule has 4 nitrogen and oxygen atoms in total. The summed E-state index contributed by atoms with van der Waals surface area (Å²) < 4.78 is 11.0. The Morgan fingerprint density at radius 2 is 1.54 bits per heavy atom. The van der Waals surface area contributed by atoms with Crippen LogP contribution in [0.1, 0.15) is 11.1 Å². The molecule has 0 fully saturated rings. The van der Waals surface area contributed by atoms with E-state index >= 15 is 0 Å². The van der Waals surface area contributed by atoms with Crippen molar-refractivity contribution in [2.45, 2.75) is 13.3 Å². The highest BCUT2D eigenvalue weighted by Crippen LogP contribution is 2.29. The largest absolute Gasteiger partial charge is 0.497 e. The van der Waals surface area contributed by atoms with Gasteiger partial charge in [-0.3, -0.25) is 4.79 Å². The van der Waals surface area contributed by atoms with Gasteiger partial charge in [-0.1, -0.05) is 42.0 Å². The summed E-state index contributed by atoms with van der Waals surface area (Å²) in [5.74, 6) is 2.01. The molecule has 0 saturated carbocycles. The Morgan fingerprint density at radius 1 is 0.885 bits per heavy atom. The SMILES string of the molecule is COc1ccc(CC(=O)Nc2ccccc2Oc2ccc(C)cc2)cc1. The van der Waals surface area contributed by atoms with Gasteiger partial charge in [0.15, 0.2) is 5.75 Å². The van der Waals surface area contributed by atoms with E-state index in [1.165, 1.54) is 5.56 Å². The monoisotopic (exact) mass is 347 g/mol. The third kappa shape index (κ3) is 4.63. The molecule has 0 aliphatic heterocycles.